The third-order valence-corrected chi connectivity index (χ3v) is 2.28. The minimum absolute atomic E-state index is 0. The molecule has 0 aliphatic rings. The molecule has 3 N–H and O–H groups in total. The van der Waals surface area contributed by atoms with Gasteiger partial charge in [0.25, 0.3) is 0 Å². The van der Waals surface area contributed by atoms with E-state index in [2.05, 4.69) is 12.2 Å². The number of carbonyl (C=O) groups excluding carboxylic acids is 1. The number of nitrogens with two attached hydrogens (primary N) is 1. The van der Waals surface area contributed by atoms with Gasteiger partial charge in [-0.3, -0.25) is 4.79 Å². The molecule has 0 unspecified atom stereocenters. The summed E-state index contributed by atoms with van der Waals surface area (Å²) in [6.07, 6.45) is 2.52. The van der Waals surface area contributed by atoms with E-state index < -0.39 is 0 Å². The molecule has 0 aliphatic heterocycles. The van der Waals surface area contributed by atoms with Crippen LogP contribution in [-0.2, 0) is 4.79 Å². The second-order valence-electron chi connectivity index (χ2n) is 3.81. The molecule has 1 aromatic rings. The van der Waals surface area contributed by atoms with Crippen LogP contribution in [0.25, 0.3) is 0 Å². The molecule has 18 heavy (non-hydrogen) atoms. The van der Waals surface area contributed by atoms with Crippen LogP contribution in [0.5, 0.6) is 5.75 Å². The Morgan fingerprint density at radius 1 is 1.33 bits per heavy atom. The van der Waals surface area contributed by atoms with Crippen LogP contribution in [0.2, 0.25) is 0 Å². The second kappa shape index (κ2) is 9.74. The highest BCUT2D eigenvalue weighted by molar-refractivity contribution is 5.90. The SMILES string of the molecule is CCCCC(=O)Nc1ccc(OCCN)cc1.Cl. The maximum atomic E-state index is 11.5. The molecule has 4 nitrogen and oxygen atoms in total. The molecule has 102 valence electrons. The lowest BCUT2D eigenvalue weighted by Gasteiger charge is -2.07. The van der Waals surface area contributed by atoms with Gasteiger partial charge in [0.15, 0.2) is 0 Å². The Morgan fingerprint density at radius 3 is 2.56 bits per heavy atom. The highest BCUT2D eigenvalue weighted by Gasteiger charge is 2.01. The Hall–Kier alpha value is -1.26. The van der Waals surface area contributed by atoms with E-state index in [1.54, 1.807) is 0 Å². The predicted octanol–water partition coefficient (Wildman–Crippen LogP) is 2.57. The normalized spacial score (nSPS) is 9.44. The summed E-state index contributed by atoms with van der Waals surface area (Å²) in [5, 5.41) is 2.84. The summed E-state index contributed by atoms with van der Waals surface area (Å²) in [4.78, 5) is 11.5. The Labute approximate surface area is 114 Å². The Kier molecular flexibility index (Phi) is 9.06. The maximum Gasteiger partial charge on any atom is 0.224 e. The van der Waals surface area contributed by atoms with Gasteiger partial charge in [-0.25, -0.2) is 0 Å². The lowest BCUT2D eigenvalue weighted by molar-refractivity contribution is -0.116. The largest absolute Gasteiger partial charge is 0.492 e. The average Bonchev–Trinajstić information content (AvgIpc) is 2.35. The maximum absolute atomic E-state index is 11.5. The van der Waals surface area contributed by atoms with Gasteiger partial charge in [0.2, 0.25) is 5.91 Å². The van der Waals surface area contributed by atoms with E-state index >= 15 is 0 Å². The minimum atomic E-state index is 0. The number of hydrogen-bond donors (Lipinski definition) is 2. The molecule has 0 aromatic heterocycles. The van der Waals surface area contributed by atoms with E-state index in [0.717, 1.165) is 24.3 Å². The summed E-state index contributed by atoms with van der Waals surface area (Å²) < 4.78 is 5.34. The van der Waals surface area contributed by atoms with Crippen molar-refractivity contribution in [3.63, 3.8) is 0 Å². The third kappa shape index (κ3) is 6.47. The number of ether oxygens (including phenoxy) is 1. The molecule has 0 atom stereocenters. The first-order chi connectivity index (χ1) is 8.26. The number of hydrogen-bond acceptors (Lipinski definition) is 3. The highest BCUT2D eigenvalue weighted by atomic mass is 35.5. The van der Waals surface area contributed by atoms with Crippen LogP contribution in [0.1, 0.15) is 26.2 Å². The van der Waals surface area contributed by atoms with Gasteiger partial charge in [0.05, 0.1) is 0 Å². The summed E-state index contributed by atoms with van der Waals surface area (Å²) in [6, 6.07) is 7.31. The van der Waals surface area contributed by atoms with Crippen molar-refractivity contribution >= 4 is 24.0 Å². The molecule has 5 heteroatoms. The number of halogens is 1. The highest BCUT2D eigenvalue weighted by Crippen LogP contribution is 2.15. The number of benzene rings is 1. The predicted molar refractivity (Wildman–Crippen MR) is 76.4 cm³/mol. The minimum Gasteiger partial charge on any atom is -0.492 e. The third-order valence-electron chi connectivity index (χ3n) is 2.28. The second-order valence-corrected chi connectivity index (χ2v) is 3.81. The molecule has 0 aliphatic carbocycles. The zero-order chi connectivity index (χ0) is 12.5. The van der Waals surface area contributed by atoms with Gasteiger partial charge in [-0.2, -0.15) is 0 Å². The summed E-state index contributed by atoms with van der Waals surface area (Å²) in [7, 11) is 0. The smallest absolute Gasteiger partial charge is 0.224 e. The van der Waals surface area contributed by atoms with Crippen molar-refractivity contribution in [3.05, 3.63) is 24.3 Å². The number of anilines is 1. The Bertz CT molecular complexity index is 341. The first-order valence-electron chi connectivity index (χ1n) is 5.99. The van der Waals surface area contributed by atoms with Gasteiger partial charge in [-0.05, 0) is 30.7 Å². The van der Waals surface area contributed by atoms with Crippen molar-refractivity contribution in [2.75, 3.05) is 18.5 Å². The van der Waals surface area contributed by atoms with E-state index in [1.165, 1.54) is 0 Å². The fourth-order valence-electron chi connectivity index (χ4n) is 1.37. The van der Waals surface area contributed by atoms with Crippen molar-refractivity contribution in [1.82, 2.24) is 0 Å². The van der Waals surface area contributed by atoms with Crippen LogP contribution in [-0.4, -0.2) is 19.1 Å². The molecule has 0 saturated heterocycles. The van der Waals surface area contributed by atoms with Crippen molar-refractivity contribution in [1.29, 1.82) is 0 Å². The zero-order valence-electron chi connectivity index (χ0n) is 10.6. The monoisotopic (exact) mass is 272 g/mol. The Morgan fingerprint density at radius 2 is 2.00 bits per heavy atom. The summed E-state index contributed by atoms with van der Waals surface area (Å²) >= 11 is 0. The quantitative estimate of drug-likeness (QED) is 0.802. The van der Waals surface area contributed by atoms with Crippen molar-refractivity contribution < 1.29 is 9.53 Å². The van der Waals surface area contributed by atoms with E-state index in [4.69, 9.17) is 10.5 Å². The lowest BCUT2D eigenvalue weighted by atomic mass is 10.2. The molecule has 0 fully saturated rings. The van der Waals surface area contributed by atoms with Crippen LogP contribution < -0.4 is 15.8 Å². The van der Waals surface area contributed by atoms with Crippen LogP contribution in [0.15, 0.2) is 24.3 Å². The van der Waals surface area contributed by atoms with Gasteiger partial charge in [-0.1, -0.05) is 13.3 Å². The molecule has 1 rings (SSSR count). The number of unbranched alkanes of at least 4 members (excludes halogenated alkanes) is 1. The summed E-state index contributed by atoms with van der Waals surface area (Å²) in [5.41, 5.74) is 6.13. The average molecular weight is 273 g/mol. The van der Waals surface area contributed by atoms with Crippen LogP contribution in [0, 0.1) is 0 Å². The van der Waals surface area contributed by atoms with Gasteiger partial charge in [0, 0.05) is 18.7 Å². The molecular weight excluding hydrogens is 252 g/mol. The molecule has 0 radical (unpaired) electrons. The topological polar surface area (TPSA) is 64.3 Å². The van der Waals surface area contributed by atoms with Gasteiger partial charge >= 0.3 is 0 Å². The van der Waals surface area contributed by atoms with Gasteiger partial charge in [0.1, 0.15) is 12.4 Å². The molecule has 0 spiro atoms. The first-order valence-corrected chi connectivity index (χ1v) is 5.99. The molecule has 1 amide bonds. The molecule has 0 heterocycles. The zero-order valence-corrected chi connectivity index (χ0v) is 11.5. The number of amides is 1. The van der Waals surface area contributed by atoms with E-state index in [-0.39, 0.29) is 18.3 Å². The van der Waals surface area contributed by atoms with Crippen LogP contribution >= 0.6 is 12.4 Å². The van der Waals surface area contributed by atoms with E-state index in [9.17, 15) is 4.79 Å². The molecule has 0 bridgehead atoms. The van der Waals surface area contributed by atoms with Crippen molar-refractivity contribution in [2.24, 2.45) is 5.73 Å². The first kappa shape index (κ1) is 16.7. The standard InChI is InChI=1S/C13H20N2O2.ClH/c1-2-3-4-13(16)15-11-5-7-12(8-6-11)17-10-9-14;/h5-8H,2-4,9-10,14H2,1H3,(H,15,16);1H. The van der Waals surface area contributed by atoms with Crippen LogP contribution in [0.4, 0.5) is 5.69 Å². The fraction of sp³-hybridized carbons (Fsp3) is 0.462. The fourth-order valence-corrected chi connectivity index (χ4v) is 1.37. The molecular formula is C13H21ClN2O2. The molecule has 0 saturated carbocycles. The Balaban J connectivity index is 0.00000289. The van der Waals surface area contributed by atoms with Crippen LogP contribution in [0.3, 0.4) is 0 Å². The van der Waals surface area contributed by atoms with Crippen molar-refractivity contribution in [2.45, 2.75) is 26.2 Å². The number of carbonyl (C=O) groups is 1. The lowest BCUT2D eigenvalue weighted by Crippen LogP contribution is -2.11. The van der Waals surface area contributed by atoms with Gasteiger partial charge < -0.3 is 15.8 Å². The van der Waals surface area contributed by atoms with E-state index in [1.807, 2.05) is 24.3 Å². The number of nitrogens with one attached hydrogen (secondary N) is 1. The van der Waals surface area contributed by atoms with Gasteiger partial charge in [-0.15, -0.1) is 12.4 Å². The molecule has 1 aromatic carbocycles. The van der Waals surface area contributed by atoms with E-state index in [0.29, 0.717) is 19.6 Å². The number of rotatable bonds is 7. The summed E-state index contributed by atoms with van der Waals surface area (Å²) in [5.74, 6) is 0.824. The summed E-state index contributed by atoms with van der Waals surface area (Å²) in [6.45, 7) is 3.06. The van der Waals surface area contributed by atoms with Crippen molar-refractivity contribution in [3.8, 4) is 5.75 Å².